The third-order valence-electron chi connectivity index (χ3n) is 4.05. The molecule has 0 aromatic carbocycles. The highest BCUT2D eigenvalue weighted by Gasteiger charge is 2.24. The molecule has 2 fully saturated rings. The smallest absolute Gasteiger partial charge is 0.223 e. The second kappa shape index (κ2) is 6.36. The minimum absolute atomic E-state index is 0.319. The fourth-order valence-corrected chi connectivity index (χ4v) is 2.80. The van der Waals surface area contributed by atoms with Gasteiger partial charge < -0.3 is 15.0 Å². The second-order valence-electron chi connectivity index (χ2n) is 5.26. The average molecular weight is 240 g/mol. The maximum atomic E-state index is 12.1. The number of morpholine rings is 1. The zero-order chi connectivity index (χ0) is 12.1. The summed E-state index contributed by atoms with van der Waals surface area (Å²) in [7, 11) is 0. The first-order chi connectivity index (χ1) is 8.27. The first-order valence-electron chi connectivity index (χ1n) is 6.83. The van der Waals surface area contributed by atoms with E-state index in [1.54, 1.807) is 0 Å². The summed E-state index contributed by atoms with van der Waals surface area (Å²) in [5, 5.41) is 3.37. The zero-order valence-corrected chi connectivity index (χ0v) is 10.8. The quantitative estimate of drug-likeness (QED) is 0.796. The number of rotatable bonds is 3. The lowest BCUT2D eigenvalue weighted by atomic mass is 9.84. The van der Waals surface area contributed by atoms with E-state index in [4.69, 9.17) is 4.74 Å². The number of hydrogen-bond donors (Lipinski definition) is 1. The second-order valence-corrected chi connectivity index (χ2v) is 5.26. The summed E-state index contributed by atoms with van der Waals surface area (Å²) in [6.45, 7) is 7.41. The predicted molar refractivity (Wildman–Crippen MR) is 66.8 cm³/mol. The lowest BCUT2D eigenvalue weighted by molar-refractivity contribution is -0.136. The van der Waals surface area contributed by atoms with Crippen molar-refractivity contribution in [3.8, 4) is 0 Å². The minimum atomic E-state index is 0.319. The molecule has 2 rings (SSSR count). The standard InChI is InChI=1S/C13H24N2O2/c1-11(12-2-4-14-5-3-12)10-13(16)15-6-8-17-9-7-15/h11-12,14H,2-10H2,1H3/t11-/m1/s1. The van der Waals surface area contributed by atoms with E-state index in [0.29, 0.717) is 31.5 Å². The van der Waals surface area contributed by atoms with E-state index in [1.165, 1.54) is 12.8 Å². The van der Waals surface area contributed by atoms with Gasteiger partial charge in [0, 0.05) is 19.5 Å². The van der Waals surface area contributed by atoms with Crippen LogP contribution in [0.3, 0.4) is 0 Å². The molecule has 2 saturated heterocycles. The Bertz CT molecular complexity index is 246. The molecular formula is C13H24N2O2. The van der Waals surface area contributed by atoms with Crippen LogP contribution in [-0.4, -0.2) is 50.2 Å². The Morgan fingerprint density at radius 3 is 2.65 bits per heavy atom. The Kier molecular flexibility index (Phi) is 4.80. The number of amides is 1. The van der Waals surface area contributed by atoms with Crippen LogP contribution in [0.1, 0.15) is 26.2 Å². The van der Waals surface area contributed by atoms with Gasteiger partial charge in [0.2, 0.25) is 5.91 Å². The molecule has 1 atom stereocenters. The first kappa shape index (κ1) is 12.8. The Labute approximate surface area is 104 Å². The third-order valence-corrected chi connectivity index (χ3v) is 4.05. The van der Waals surface area contributed by atoms with Gasteiger partial charge in [-0.1, -0.05) is 6.92 Å². The molecule has 0 aliphatic carbocycles. The van der Waals surface area contributed by atoms with Gasteiger partial charge in [-0.3, -0.25) is 4.79 Å². The number of hydrogen-bond acceptors (Lipinski definition) is 3. The van der Waals surface area contributed by atoms with E-state index >= 15 is 0 Å². The fraction of sp³-hybridized carbons (Fsp3) is 0.923. The maximum absolute atomic E-state index is 12.1. The molecule has 0 radical (unpaired) electrons. The lowest BCUT2D eigenvalue weighted by Gasteiger charge is -2.31. The van der Waals surface area contributed by atoms with Crippen molar-refractivity contribution in [3.05, 3.63) is 0 Å². The number of nitrogens with one attached hydrogen (secondary N) is 1. The van der Waals surface area contributed by atoms with E-state index < -0.39 is 0 Å². The van der Waals surface area contributed by atoms with Crippen LogP contribution in [0, 0.1) is 11.8 Å². The lowest BCUT2D eigenvalue weighted by Crippen LogP contribution is -2.42. The predicted octanol–water partition coefficient (Wildman–Crippen LogP) is 0.871. The maximum Gasteiger partial charge on any atom is 0.223 e. The first-order valence-corrected chi connectivity index (χ1v) is 6.83. The van der Waals surface area contributed by atoms with Crippen LogP contribution in [0.2, 0.25) is 0 Å². The molecule has 98 valence electrons. The van der Waals surface area contributed by atoms with Crippen LogP contribution < -0.4 is 5.32 Å². The van der Waals surface area contributed by atoms with Crippen LogP contribution in [0.15, 0.2) is 0 Å². The van der Waals surface area contributed by atoms with Crippen molar-refractivity contribution in [1.29, 1.82) is 0 Å². The molecule has 0 saturated carbocycles. The third kappa shape index (κ3) is 3.68. The molecule has 1 amide bonds. The summed E-state index contributed by atoms with van der Waals surface area (Å²) >= 11 is 0. The van der Waals surface area contributed by atoms with Crippen LogP contribution in [0.5, 0.6) is 0 Å². The molecule has 4 nitrogen and oxygen atoms in total. The topological polar surface area (TPSA) is 41.6 Å². The van der Waals surface area contributed by atoms with Gasteiger partial charge in [0.05, 0.1) is 13.2 Å². The molecular weight excluding hydrogens is 216 g/mol. The molecule has 0 bridgehead atoms. The average Bonchev–Trinajstić information content (AvgIpc) is 2.40. The van der Waals surface area contributed by atoms with Crippen molar-refractivity contribution >= 4 is 5.91 Å². The highest BCUT2D eigenvalue weighted by atomic mass is 16.5. The molecule has 0 aromatic rings. The van der Waals surface area contributed by atoms with Crippen molar-refractivity contribution < 1.29 is 9.53 Å². The number of ether oxygens (including phenoxy) is 1. The highest BCUT2D eigenvalue weighted by Crippen LogP contribution is 2.24. The Balaban J connectivity index is 1.76. The Morgan fingerprint density at radius 1 is 1.35 bits per heavy atom. The van der Waals surface area contributed by atoms with Crippen molar-refractivity contribution in [2.75, 3.05) is 39.4 Å². The number of carbonyl (C=O) groups is 1. The van der Waals surface area contributed by atoms with Crippen molar-refractivity contribution in [2.45, 2.75) is 26.2 Å². The van der Waals surface area contributed by atoms with Gasteiger partial charge in [-0.05, 0) is 37.8 Å². The Morgan fingerprint density at radius 2 is 2.00 bits per heavy atom. The molecule has 1 N–H and O–H groups in total. The van der Waals surface area contributed by atoms with E-state index in [9.17, 15) is 4.79 Å². The molecule has 0 aromatic heterocycles. The van der Waals surface area contributed by atoms with E-state index in [2.05, 4.69) is 12.2 Å². The van der Waals surface area contributed by atoms with Gasteiger partial charge in [0.1, 0.15) is 0 Å². The molecule has 17 heavy (non-hydrogen) atoms. The SMILES string of the molecule is C[C@H](CC(=O)N1CCOCC1)C1CCNCC1. The normalized spacial score (nSPS) is 24.6. The van der Waals surface area contributed by atoms with Gasteiger partial charge in [-0.25, -0.2) is 0 Å². The van der Waals surface area contributed by atoms with Crippen molar-refractivity contribution in [3.63, 3.8) is 0 Å². The number of nitrogens with zero attached hydrogens (tertiary/aromatic N) is 1. The number of piperidine rings is 1. The molecule has 2 aliphatic heterocycles. The highest BCUT2D eigenvalue weighted by molar-refractivity contribution is 5.76. The minimum Gasteiger partial charge on any atom is -0.378 e. The zero-order valence-electron chi connectivity index (χ0n) is 10.8. The van der Waals surface area contributed by atoms with Gasteiger partial charge in [0.15, 0.2) is 0 Å². The largest absolute Gasteiger partial charge is 0.378 e. The van der Waals surface area contributed by atoms with Gasteiger partial charge in [-0.2, -0.15) is 0 Å². The number of carbonyl (C=O) groups excluding carboxylic acids is 1. The summed E-state index contributed by atoms with van der Waals surface area (Å²) in [5.74, 6) is 1.56. The molecule has 0 unspecified atom stereocenters. The van der Waals surface area contributed by atoms with Crippen LogP contribution in [0.4, 0.5) is 0 Å². The Hall–Kier alpha value is -0.610. The van der Waals surface area contributed by atoms with Gasteiger partial charge >= 0.3 is 0 Å². The van der Waals surface area contributed by atoms with Crippen LogP contribution >= 0.6 is 0 Å². The monoisotopic (exact) mass is 240 g/mol. The van der Waals surface area contributed by atoms with E-state index in [1.807, 2.05) is 4.90 Å². The van der Waals surface area contributed by atoms with E-state index in [0.717, 1.165) is 32.1 Å². The molecule has 4 heteroatoms. The van der Waals surface area contributed by atoms with Crippen molar-refractivity contribution in [2.24, 2.45) is 11.8 Å². The molecule has 2 aliphatic rings. The summed E-state index contributed by atoms with van der Waals surface area (Å²) in [6.07, 6.45) is 3.15. The summed E-state index contributed by atoms with van der Waals surface area (Å²) in [5.41, 5.74) is 0. The van der Waals surface area contributed by atoms with Crippen LogP contribution in [0.25, 0.3) is 0 Å². The summed E-state index contributed by atoms with van der Waals surface area (Å²) < 4.78 is 5.27. The van der Waals surface area contributed by atoms with Crippen LogP contribution in [-0.2, 0) is 9.53 Å². The van der Waals surface area contributed by atoms with Gasteiger partial charge in [0.25, 0.3) is 0 Å². The van der Waals surface area contributed by atoms with Gasteiger partial charge in [-0.15, -0.1) is 0 Å². The van der Waals surface area contributed by atoms with Crippen molar-refractivity contribution in [1.82, 2.24) is 10.2 Å². The summed E-state index contributed by atoms with van der Waals surface area (Å²) in [6, 6.07) is 0. The summed E-state index contributed by atoms with van der Waals surface area (Å²) in [4.78, 5) is 14.1. The van der Waals surface area contributed by atoms with E-state index in [-0.39, 0.29) is 0 Å². The molecule has 2 heterocycles. The fourth-order valence-electron chi connectivity index (χ4n) is 2.80. The molecule has 0 spiro atoms.